The number of Topliss-reactive ketones (excluding diaryl/α,β-unsaturated/α-hetero) is 1. The molecule has 0 aromatic heterocycles. The lowest BCUT2D eigenvalue weighted by Gasteiger charge is -2.21. The van der Waals surface area contributed by atoms with Crippen molar-refractivity contribution in [2.24, 2.45) is 0 Å². The Balaban J connectivity index is 2.47. The number of benzene rings is 1. The number of ketones is 1. The molecule has 0 aliphatic heterocycles. The molecule has 0 heterocycles. The van der Waals surface area contributed by atoms with Crippen molar-refractivity contribution >= 4 is 11.7 Å². The molecular weight excluding hydrogens is 240 g/mol. The summed E-state index contributed by atoms with van der Waals surface area (Å²) in [5.41, 5.74) is 1.02. The zero-order valence-corrected chi connectivity index (χ0v) is 11.9. The first-order chi connectivity index (χ1) is 9.02. The van der Waals surface area contributed by atoms with Gasteiger partial charge in [-0.1, -0.05) is 37.3 Å². The molecule has 0 saturated heterocycles. The van der Waals surface area contributed by atoms with Gasteiger partial charge in [-0.3, -0.25) is 14.5 Å². The average Bonchev–Trinajstić information content (AvgIpc) is 2.38. The van der Waals surface area contributed by atoms with E-state index in [1.807, 2.05) is 42.2 Å². The summed E-state index contributed by atoms with van der Waals surface area (Å²) in [7, 11) is 3.45. The second-order valence-corrected chi connectivity index (χ2v) is 4.79. The number of nitrogens with zero attached hydrogens (tertiary/aromatic N) is 2. The molecule has 4 heteroatoms. The highest BCUT2D eigenvalue weighted by atomic mass is 16.2. The van der Waals surface area contributed by atoms with Crippen LogP contribution in [0.3, 0.4) is 0 Å². The molecule has 0 N–H and O–H groups in total. The van der Waals surface area contributed by atoms with Crippen LogP contribution >= 0.6 is 0 Å². The lowest BCUT2D eigenvalue weighted by molar-refractivity contribution is -0.130. The predicted molar refractivity (Wildman–Crippen MR) is 76.0 cm³/mol. The Labute approximate surface area is 115 Å². The zero-order valence-electron chi connectivity index (χ0n) is 11.9. The SMILES string of the molecule is CCN(CC(=O)Cc1ccccc1)CC(=O)N(C)C. The molecule has 1 aromatic rings. The summed E-state index contributed by atoms with van der Waals surface area (Å²) in [4.78, 5) is 27.0. The molecule has 0 unspecified atom stereocenters. The van der Waals surface area contributed by atoms with Gasteiger partial charge in [0.2, 0.25) is 5.91 Å². The van der Waals surface area contributed by atoms with Crippen LogP contribution in [-0.4, -0.2) is 55.2 Å². The van der Waals surface area contributed by atoms with Crippen molar-refractivity contribution < 1.29 is 9.59 Å². The van der Waals surface area contributed by atoms with Gasteiger partial charge in [0, 0.05) is 20.5 Å². The molecule has 1 rings (SSSR count). The molecule has 0 fully saturated rings. The fourth-order valence-electron chi connectivity index (χ4n) is 1.74. The van der Waals surface area contributed by atoms with Gasteiger partial charge >= 0.3 is 0 Å². The van der Waals surface area contributed by atoms with Crippen LogP contribution in [0, 0.1) is 0 Å². The number of likely N-dealkylation sites (N-methyl/N-ethyl adjacent to an activating group) is 2. The summed E-state index contributed by atoms with van der Waals surface area (Å²) >= 11 is 0. The Morgan fingerprint density at radius 2 is 1.68 bits per heavy atom. The Morgan fingerprint density at radius 3 is 2.21 bits per heavy atom. The second-order valence-electron chi connectivity index (χ2n) is 4.79. The van der Waals surface area contributed by atoms with Crippen molar-refractivity contribution in [3.8, 4) is 0 Å². The summed E-state index contributed by atoms with van der Waals surface area (Å²) in [5, 5.41) is 0. The lowest BCUT2D eigenvalue weighted by Crippen LogP contribution is -2.39. The maximum absolute atomic E-state index is 12.0. The molecule has 0 atom stereocenters. The van der Waals surface area contributed by atoms with Crippen molar-refractivity contribution in [3.05, 3.63) is 35.9 Å². The molecular formula is C15H22N2O2. The van der Waals surface area contributed by atoms with E-state index >= 15 is 0 Å². The molecule has 0 saturated carbocycles. The van der Waals surface area contributed by atoms with Gasteiger partial charge in [-0.25, -0.2) is 0 Å². The molecule has 4 nitrogen and oxygen atoms in total. The summed E-state index contributed by atoms with van der Waals surface area (Å²) in [6.45, 7) is 3.27. The maximum atomic E-state index is 12.0. The number of amides is 1. The molecule has 1 amide bonds. The Morgan fingerprint density at radius 1 is 1.05 bits per heavy atom. The van der Waals surface area contributed by atoms with Gasteiger partial charge < -0.3 is 4.90 Å². The van der Waals surface area contributed by atoms with Crippen LogP contribution in [-0.2, 0) is 16.0 Å². The number of carbonyl (C=O) groups is 2. The average molecular weight is 262 g/mol. The van der Waals surface area contributed by atoms with Gasteiger partial charge in [0.15, 0.2) is 5.78 Å². The van der Waals surface area contributed by atoms with Crippen LogP contribution < -0.4 is 0 Å². The van der Waals surface area contributed by atoms with Crippen LogP contribution in [0.4, 0.5) is 0 Å². The molecule has 0 aliphatic rings. The van der Waals surface area contributed by atoms with Crippen molar-refractivity contribution in [2.45, 2.75) is 13.3 Å². The van der Waals surface area contributed by atoms with E-state index in [0.29, 0.717) is 26.1 Å². The predicted octanol–water partition coefficient (Wildman–Crippen LogP) is 1.21. The van der Waals surface area contributed by atoms with E-state index in [0.717, 1.165) is 5.56 Å². The molecule has 0 bridgehead atoms. The summed E-state index contributed by atoms with van der Waals surface area (Å²) in [6.07, 6.45) is 0.424. The van der Waals surface area contributed by atoms with Gasteiger partial charge in [-0.05, 0) is 12.1 Å². The highest BCUT2D eigenvalue weighted by Crippen LogP contribution is 2.01. The van der Waals surface area contributed by atoms with Crippen molar-refractivity contribution in [3.63, 3.8) is 0 Å². The highest BCUT2D eigenvalue weighted by molar-refractivity contribution is 5.84. The van der Waals surface area contributed by atoms with Gasteiger partial charge in [-0.2, -0.15) is 0 Å². The number of carbonyl (C=O) groups excluding carboxylic acids is 2. The van der Waals surface area contributed by atoms with E-state index in [-0.39, 0.29) is 11.7 Å². The van der Waals surface area contributed by atoms with Crippen LogP contribution in [0.25, 0.3) is 0 Å². The molecule has 1 aromatic carbocycles. The minimum Gasteiger partial charge on any atom is -0.348 e. The third kappa shape index (κ3) is 5.66. The second kappa shape index (κ2) is 7.69. The van der Waals surface area contributed by atoms with E-state index in [4.69, 9.17) is 0 Å². The standard InChI is InChI=1S/C15H22N2O2/c1-4-17(12-15(19)16(2)3)11-14(18)10-13-8-6-5-7-9-13/h5-9H,4,10-12H2,1-3H3. The molecule has 0 radical (unpaired) electrons. The summed E-state index contributed by atoms with van der Waals surface area (Å²) in [6, 6.07) is 9.67. The third-order valence-corrected chi connectivity index (χ3v) is 2.95. The van der Waals surface area contributed by atoms with E-state index in [9.17, 15) is 9.59 Å². The molecule has 0 spiro atoms. The first-order valence-electron chi connectivity index (χ1n) is 6.51. The first-order valence-corrected chi connectivity index (χ1v) is 6.51. The van der Waals surface area contributed by atoms with E-state index in [2.05, 4.69) is 0 Å². The topological polar surface area (TPSA) is 40.6 Å². The van der Waals surface area contributed by atoms with E-state index in [1.54, 1.807) is 19.0 Å². The lowest BCUT2D eigenvalue weighted by atomic mass is 10.1. The van der Waals surface area contributed by atoms with Gasteiger partial charge in [0.05, 0.1) is 13.1 Å². The molecule has 19 heavy (non-hydrogen) atoms. The van der Waals surface area contributed by atoms with E-state index in [1.165, 1.54) is 0 Å². The molecule has 0 aliphatic carbocycles. The minimum absolute atomic E-state index is 0.0226. The fourth-order valence-corrected chi connectivity index (χ4v) is 1.74. The van der Waals surface area contributed by atoms with Crippen LogP contribution in [0.5, 0.6) is 0 Å². The van der Waals surface area contributed by atoms with Crippen LogP contribution in [0.1, 0.15) is 12.5 Å². The van der Waals surface area contributed by atoms with Crippen molar-refractivity contribution in [1.82, 2.24) is 9.80 Å². The first kappa shape index (κ1) is 15.4. The van der Waals surface area contributed by atoms with Crippen LogP contribution in [0.15, 0.2) is 30.3 Å². The number of hydrogen-bond acceptors (Lipinski definition) is 3. The van der Waals surface area contributed by atoms with Gasteiger partial charge in [0.1, 0.15) is 0 Å². The minimum atomic E-state index is 0.0226. The Kier molecular flexibility index (Phi) is 6.22. The Bertz CT molecular complexity index is 415. The largest absolute Gasteiger partial charge is 0.348 e. The number of hydrogen-bond donors (Lipinski definition) is 0. The van der Waals surface area contributed by atoms with Crippen molar-refractivity contribution in [2.75, 3.05) is 33.7 Å². The normalized spacial score (nSPS) is 10.5. The van der Waals surface area contributed by atoms with Crippen molar-refractivity contribution in [1.29, 1.82) is 0 Å². The highest BCUT2D eigenvalue weighted by Gasteiger charge is 2.14. The molecule has 104 valence electrons. The Hall–Kier alpha value is -1.68. The quantitative estimate of drug-likeness (QED) is 0.741. The smallest absolute Gasteiger partial charge is 0.236 e. The zero-order chi connectivity index (χ0) is 14.3. The van der Waals surface area contributed by atoms with E-state index < -0.39 is 0 Å². The summed E-state index contributed by atoms with van der Waals surface area (Å²) in [5.74, 6) is 0.161. The van der Waals surface area contributed by atoms with Crippen LogP contribution in [0.2, 0.25) is 0 Å². The summed E-state index contributed by atoms with van der Waals surface area (Å²) < 4.78 is 0. The van der Waals surface area contributed by atoms with Gasteiger partial charge in [-0.15, -0.1) is 0 Å². The van der Waals surface area contributed by atoms with Gasteiger partial charge in [0.25, 0.3) is 0 Å². The maximum Gasteiger partial charge on any atom is 0.236 e. The number of rotatable bonds is 7. The monoisotopic (exact) mass is 262 g/mol. The fraction of sp³-hybridized carbons (Fsp3) is 0.467. The third-order valence-electron chi connectivity index (χ3n) is 2.95.